The van der Waals surface area contributed by atoms with Crippen LogP contribution in [0.1, 0.15) is 34.5 Å². The molecule has 0 aliphatic carbocycles. The second-order valence-corrected chi connectivity index (χ2v) is 8.05. The highest BCUT2D eigenvalue weighted by atomic mass is 32.2. The van der Waals surface area contributed by atoms with Gasteiger partial charge < -0.3 is 10.2 Å². The smallest absolute Gasteiger partial charge is 0.253 e. The number of rotatable bonds is 7. The van der Waals surface area contributed by atoms with E-state index in [9.17, 15) is 4.79 Å². The van der Waals surface area contributed by atoms with E-state index in [1.54, 1.807) is 29.3 Å². The molecule has 6 heteroatoms. The summed E-state index contributed by atoms with van der Waals surface area (Å²) in [4.78, 5) is 20.2. The van der Waals surface area contributed by atoms with E-state index >= 15 is 0 Å². The van der Waals surface area contributed by atoms with Gasteiger partial charge in [0.2, 0.25) is 0 Å². The molecule has 4 nitrogen and oxygen atoms in total. The van der Waals surface area contributed by atoms with Crippen LogP contribution in [0.5, 0.6) is 0 Å². The number of nitrogens with zero attached hydrogens (tertiary/aromatic N) is 2. The second-order valence-electron chi connectivity index (χ2n) is 5.90. The van der Waals surface area contributed by atoms with Crippen LogP contribution in [0.15, 0.2) is 40.9 Å². The van der Waals surface area contributed by atoms with Crippen molar-refractivity contribution in [2.45, 2.75) is 30.8 Å². The van der Waals surface area contributed by atoms with Gasteiger partial charge in [0.15, 0.2) is 0 Å². The van der Waals surface area contributed by atoms with E-state index < -0.39 is 0 Å². The van der Waals surface area contributed by atoms with E-state index in [-0.39, 0.29) is 5.91 Å². The predicted molar refractivity (Wildman–Crippen MR) is 101 cm³/mol. The van der Waals surface area contributed by atoms with Gasteiger partial charge in [-0.2, -0.15) is 0 Å². The van der Waals surface area contributed by atoms with Crippen molar-refractivity contribution >= 4 is 29.0 Å². The first-order chi connectivity index (χ1) is 11.8. The van der Waals surface area contributed by atoms with Crippen molar-refractivity contribution in [3.05, 3.63) is 46.3 Å². The molecule has 0 saturated carbocycles. The molecule has 1 aliphatic rings. The SMILES string of the molecule is O=C(NCc1cccs1)c1ccc(SCCN2CCCCC2)nc1. The maximum atomic E-state index is 12.1. The Morgan fingerprint density at radius 1 is 1.25 bits per heavy atom. The number of carbonyl (C=O) groups is 1. The van der Waals surface area contributed by atoms with Crippen LogP contribution >= 0.6 is 23.1 Å². The summed E-state index contributed by atoms with van der Waals surface area (Å²) < 4.78 is 0. The van der Waals surface area contributed by atoms with Crippen molar-refractivity contribution in [3.63, 3.8) is 0 Å². The zero-order valence-corrected chi connectivity index (χ0v) is 15.4. The zero-order chi connectivity index (χ0) is 16.6. The van der Waals surface area contributed by atoms with Gasteiger partial charge in [-0.25, -0.2) is 4.98 Å². The van der Waals surface area contributed by atoms with Crippen LogP contribution in [0.25, 0.3) is 0 Å². The van der Waals surface area contributed by atoms with Crippen LogP contribution < -0.4 is 5.32 Å². The molecule has 0 unspecified atom stereocenters. The number of pyridine rings is 1. The first kappa shape index (κ1) is 17.5. The fourth-order valence-corrected chi connectivity index (χ4v) is 4.24. The predicted octanol–water partition coefficient (Wildman–Crippen LogP) is 3.65. The minimum atomic E-state index is -0.0687. The summed E-state index contributed by atoms with van der Waals surface area (Å²) in [5, 5.41) is 5.93. The van der Waals surface area contributed by atoms with E-state index in [1.165, 1.54) is 32.4 Å². The number of aromatic nitrogens is 1. The van der Waals surface area contributed by atoms with E-state index in [2.05, 4.69) is 15.2 Å². The molecule has 1 saturated heterocycles. The number of hydrogen-bond acceptors (Lipinski definition) is 5. The minimum Gasteiger partial charge on any atom is -0.347 e. The number of thiophene rings is 1. The summed E-state index contributed by atoms with van der Waals surface area (Å²) in [5.41, 5.74) is 0.618. The Morgan fingerprint density at radius 2 is 2.12 bits per heavy atom. The molecule has 2 aromatic heterocycles. The Kier molecular flexibility index (Phi) is 6.69. The van der Waals surface area contributed by atoms with Crippen LogP contribution in [0, 0.1) is 0 Å². The average molecular weight is 362 g/mol. The van der Waals surface area contributed by atoms with Gasteiger partial charge in [0.25, 0.3) is 5.91 Å². The van der Waals surface area contributed by atoms with Crippen LogP contribution in [0.2, 0.25) is 0 Å². The van der Waals surface area contributed by atoms with E-state index in [1.807, 2.05) is 29.6 Å². The van der Waals surface area contributed by atoms with Crippen molar-refractivity contribution < 1.29 is 4.79 Å². The number of piperidine rings is 1. The van der Waals surface area contributed by atoms with Crippen molar-refractivity contribution in [2.75, 3.05) is 25.4 Å². The number of likely N-dealkylation sites (tertiary alicyclic amines) is 1. The number of nitrogens with one attached hydrogen (secondary N) is 1. The molecule has 0 atom stereocenters. The molecule has 0 bridgehead atoms. The van der Waals surface area contributed by atoms with Crippen molar-refractivity contribution in [1.82, 2.24) is 15.2 Å². The van der Waals surface area contributed by atoms with Crippen LogP contribution in [0.3, 0.4) is 0 Å². The minimum absolute atomic E-state index is 0.0687. The summed E-state index contributed by atoms with van der Waals surface area (Å²) in [6.45, 7) is 4.16. The molecule has 128 valence electrons. The lowest BCUT2D eigenvalue weighted by atomic mass is 10.1. The van der Waals surface area contributed by atoms with E-state index in [0.29, 0.717) is 12.1 Å². The normalized spacial score (nSPS) is 15.3. The number of amides is 1. The molecule has 0 spiro atoms. The maximum absolute atomic E-state index is 12.1. The van der Waals surface area contributed by atoms with E-state index in [0.717, 1.165) is 22.2 Å². The Morgan fingerprint density at radius 3 is 2.83 bits per heavy atom. The van der Waals surface area contributed by atoms with Gasteiger partial charge in [0.05, 0.1) is 17.1 Å². The van der Waals surface area contributed by atoms with Gasteiger partial charge in [0.1, 0.15) is 0 Å². The Labute approximate surface area is 151 Å². The molecular weight excluding hydrogens is 338 g/mol. The summed E-state index contributed by atoms with van der Waals surface area (Å²) in [6, 6.07) is 7.82. The molecule has 1 fully saturated rings. The molecule has 1 aliphatic heterocycles. The Balaban J connectivity index is 1.41. The van der Waals surface area contributed by atoms with Crippen LogP contribution in [-0.4, -0.2) is 41.2 Å². The lowest BCUT2D eigenvalue weighted by molar-refractivity contribution is 0.0951. The van der Waals surface area contributed by atoms with Crippen molar-refractivity contribution in [3.8, 4) is 0 Å². The molecule has 3 heterocycles. The molecule has 1 N–H and O–H groups in total. The first-order valence-corrected chi connectivity index (χ1v) is 10.3. The molecule has 1 amide bonds. The topological polar surface area (TPSA) is 45.2 Å². The third-order valence-corrected chi connectivity index (χ3v) is 5.91. The highest BCUT2D eigenvalue weighted by molar-refractivity contribution is 7.99. The van der Waals surface area contributed by atoms with Gasteiger partial charge in [0, 0.05) is 23.4 Å². The fourth-order valence-electron chi connectivity index (χ4n) is 2.74. The maximum Gasteiger partial charge on any atom is 0.253 e. The monoisotopic (exact) mass is 361 g/mol. The third-order valence-electron chi connectivity index (χ3n) is 4.11. The number of carbonyl (C=O) groups excluding carboxylic acids is 1. The summed E-state index contributed by atoms with van der Waals surface area (Å²) in [7, 11) is 0. The Bertz CT molecular complexity index is 622. The quantitative estimate of drug-likeness (QED) is 0.765. The molecule has 3 rings (SSSR count). The molecule has 0 aromatic carbocycles. The lowest BCUT2D eigenvalue weighted by Crippen LogP contribution is -2.31. The van der Waals surface area contributed by atoms with Gasteiger partial charge in [-0.15, -0.1) is 23.1 Å². The summed E-state index contributed by atoms with van der Waals surface area (Å²) in [5.74, 6) is 0.984. The highest BCUT2D eigenvalue weighted by Gasteiger charge is 2.10. The zero-order valence-electron chi connectivity index (χ0n) is 13.7. The largest absolute Gasteiger partial charge is 0.347 e. The van der Waals surface area contributed by atoms with Gasteiger partial charge in [-0.3, -0.25) is 4.79 Å². The number of hydrogen-bond donors (Lipinski definition) is 1. The second kappa shape index (κ2) is 9.20. The van der Waals surface area contributed by atoms with Gasteiger partial charge >= 0.3 is 0 Å². The molecule has 2 aromatic rings. The third kappa shape index (κ3) is 5.33. The lowest BCUT2D eigenvalue weighted by Gasteiger charge is -2.25. The Hall–Kier alpha value is -1.37. The van der Waals surface area contributed by atoms with Crippen molar-refractivity contribution in [1.29, 1.82) is 0 Å². The molecule has 0 radical (unpaired) electrons. The fraction of sp³-hybridized carbons (Fsp3) is 0.444. The highest BCUT2D eigenvalue weighted by Crippen LogP contribution is 2.17. The van der Waals surface area contributed by atoms with Crippen molar-refractivity contribution in [2.24, 2.45) is 0 Å². The molecule has 24 heavy (non-hydrogen) atoms. The van der Waals surface area contributed by atoms with Gasteiger partial charge in [-0.05, 0) is 49.5 Å². The number of thioether (sulfide) groups is 1. The first-order valence-electron chi connectivity index (χ1n) is 8.43. The van der Waals surface area contributed by atoms with Gasteiger partial charge in [-0.1, -0.05) is 12.5 Å². The summed E-state index contributed by atoms with van der Waals surface area (Å²) >= 11 is 3.41. The summed E-state index contributed by atoms with van der Waals surface area (Å²) in [6.07, 6.45) is 5.71. The average Bonchev–Trinajstić information content (AvgIpc) is 3.15. The molecular formula is C18H23N3OS2. The van der Waals surface area contributed by atoms with E-state index in [4.69, 9.17) is 0 Å². The van der Waals surface area contributed by atoms with Crippen LogP contribution in [0.4, 0.5) is 0 Å². The standard InChI is InChI=1S/C18H23N3OS2/c22-18(20-14-16-5-4-11-23-16)15-6-7-17(19-13-15)24-12-10-21-8-2-1-3-9-21/h4-7,11,13H,1-3,8-10,12,14H2,(H,20,22). The van der Waals surface area contributed by atoms with Crippen LogP contribution in [-0.2, 0) is 6.54 Å².